The van der Waals surface area contributed by atoms with E-state index in [-0.39, 0.29) is 5.82 Å². The van der Waals surface area contributed by atoms with Crippen molar-refractivity contribution in [1.82, 2.24) is 4.98 Å². The zero-order valence-electron chi connectivity index (χ0n) is 10.2. The lowest BCUT2D eigenvalue weighted by atomic mass is 9.84. The Kier molecular flexibility index (Phi) is 3.20. The Hall–Kier alpha value is -0.810. The van der Waals surface area contributed by atoms with E-state index in [0.29, 0.717) is 4.75 Å². The van der Waals surface area contributed by atoms with E-state index in [1.54, 1.807) is 12.1 Å². The average Bonchev–Trinajstić information content (AvgIpc) is 2.70. The van der Waals surface area contributed by atoms with Crippen molar-refractivity contribution in [1.29, 1.82) is 0 Å². The highest BCUT2D eigenvalue weighted by molar-refractivity contribution is 8.00. The zero-order valence-corrected chi connectivity index (χ0v) is 11.8. The summed E-state index contributed by atoms with van der Waals surface area (Å²) in [5.41, 5.74) is 0.871. The molecule has 1 aliphatic carbocycles. The van der Waals surface area contributed by atoms with Crippen LogP contribution in [0.4, 0.5) is 9.52 Å². The van der Waals surface area contributed by atoms with Gasteiger partial charge in [0.05, 0.1) is 10.2 Å². The second-order valence-corrected chi connectivity index (χ2v) is 7.03. The molecule has 1 N–H and O–H groups in total. The van der Waals surface area contributed by atoms with Gasteiger partial charge in [-0.15, -0.1) is 0 Å². The van der Waals surface area contributed by atoms with Gasteiger partial charge in [0.25, 0.3) is 0 Å². The summed E-state index contributed by atoms with van der Waals surface area (Å²) in [6.07, 6.45) is 6.06. The van der Waals surface area contributed by atoms with Crippen LogP contribution in [0.2, 0.25) is 0 Å². The lowest BCUT2D eigenvalue weighted by molar-refractivity contribution is 0.380. The van der Waals surface area contributed by atoms with Gasteiger partial charge in [0.15, 0.2) is 5.13 Å². The van der Waals surface area contributed by atoms with Crippen LogP contribution in [0.1, 0.15) is 19.3 Å². The van der Waals surface area contributed by atoms with Gasteiger partial charge in [0.1, 0.15) is 5.82 Å². The first-order valence-electron chi connectivity index (χ1n) is 6.06. The number of thioether (sulfide) groups is 1. The third-order valence-corrected chi connectivity index (χ3v) is 6.00. The van der Waals surface area contributed by atoms with Crippen LogP contribution in [0, 0.1) is 5.82 Å². The number of thiazole rings is 1. The summed E-state index contributed by atoms with van der Waals surface area (Å²) >= 11 is 3.47. The predicted molar refractivity (Wildman–Crippen MR) is 78.2 cm³/mol. The van der Waals surface area contributed by atoms with Gasteiger partial charge in [-0.05, 0) is 37.3 Å². The molecule has 0 aliphatic heterocycles. The molecule has 96 valence electrons. The van der Waals surface area contributed by atoms with E-state index >= 15 is 0 Å². The summed E-state index contributed by atoms with van der Waals surface area (Å²) in [4.78, 5) is 4.48. The summed E-state index contributed by atoms with van der Waals surface area (Å²) in [6.45, 7) is 0.955. The number of aromatic nitrogens is 1. The van der Waals surface area contributed by atoms with Crippen molar-refractivity contribution in [3.8, 4) is 0 Å². The van der Waals surface area contributed by atoms with Crippen LogP contribution in [-0.2, 0) is 0 Å². The van der Waals surface area contributed by atoms with Gasteiger partial charge in [-0.1, -0.05) is 17.8 Å². The molecule has 0 amide bonds. The molecule has 1 aromatic carbocycles. The molecule has 1 fully saturated rings. The summed E-state index contributed by atoms with van der Waals surface area (Å²) in [5.74, 6) is -0.197. The second kappa shape index (κ2) is 4.70. The molecule has 0 unspecified atom stereocenters. The molecule has 18 heavy (non-hydrogen) atoms. The van der Waals surface area contributed by atoms with Crippen LogP contribution in [-0.4, -0.2) is 22.5 Å². The number of benzene rings is 1. The molecule has 1 aromatic heterocycles. The number of hydrogen-bond acceptors (Lipinski definition) is 4. The SMILES string of the molecule is CSC1(CNc2nc3ccc(F)cc3s2)CCC1. The maximum Gasteiger partial charge on any atom is 0.183 e. The van der Waals surface area contributed by atoms with E-state index in [0.717, 1.165) is 21.9 Å². The van der Waals surface area contributed by atoms with E-state index < -0.39 is 0 Å². The topological polar surface area (TPSA) is 24.9 Å². The Morgan fingerprint density at radius 2 is 2.33 bits per heavy atom. The van der Waals surface area contributed by atoms with Crippen LogP contribution in [0.3, 0.4) is 0 Å². The van der Waals surface area contributed by atoms with Crippen molar-refractivity contribution in [2.24, 2.45) is 0 Å². The Morgan fingerprint density at radius 3 is 3.00 bits per heavy atom. The van der Waals surface area contributed by atoms with Crippen molar-refractivity contribution in [3.63, 3.8) is 0 Å². The number of nitrogens with one attached hydrogen (secondary N) is 1. The third-order valence-electron chi connectivity index (χ3n) is 3.61. The van der Waals surface area contributed by atoms with Crippen LogP contribution in [0.5, 0.6) is 0 Å². The molecule has 1 saturated carbocycles. The quantitative estimate of drug-likeness (QED) is 0.912. The fourth-order valence-electron chi connectivity index (χ4n) is 2.23. The van der Waals surface area contributed by atoms with E-state index in [1.165, 1.54) is 36.7 Å². The molecule has 0 saturated heterocycles. The predicted octanol–water partition coefficient (Wildman–Crippen LogP) is 4.13. The number of hydrogen-bond donors (Lipinski definition) is 1. The van der Waals surface area contributed by atoms with Crippen molar-refractivity contribution >= 4 is 38.4 Å². The lowest BCUT2D eigenvalue weighted by Crippen LogP contribution is -2.40. The van der Waals surface area contributed by atoms with Gasteiger partial charge < -0.3 is 5.32 Å². The molecule has 2 nitrogen and oxygen atoms in total. The van der Waals surface area contributed by atoms with Gasteiger partial charge >= 0.3 is 0 Å². The monoisotopic (exact) mass is 282 g/mol. The fraction of sp³-hybridized carbons (Fsp3) is 0.462. The smallest absolute Gasteiger partial charge is 0.183 e. The fourth-order valence-corrected chi connectivity index (χ4v) is 4.03. The van der Waals surface area contributed by atoms with Gasteiger partial charge in [0, 0.05) is 11.3 Å². The Morgan fingerprint density at radius 1 is 1.50 bits per heavy atom. The highest BCUT2D eigenvalue weighted by Gasteiger charge is 2.35. The van der Waals surface area contributed by atoms with E-state index in [1.807, 2.05) is 11.8 Å². The summed E-state index contributed by atoms with van der Waals surface area (Å²) < 4.78 is 14.4. The first kappa shape index (κ1) is 12.2. The van der Waals surface area contributed by atoms with Crippen molar-refractivity contribution < 1.29 is 4.39 Å². The average molecular weight is 282 g/mol. The normalized spacial score (nSPS) is 17.7. The summed E-state index contributed by atoms with van der Waals surface area (Å²) in [5, 5.41) is 4.31. The summed E-state index contributed by atoms with van der Waals surface area (Å²) in [7, 11) is 0. The molecule has 1 heterocycles. The molecule has 2 aromatic rings. The molecule has 0 spiro atoms. The number of rotatable bonds is 4. The van der Waals surface area contributed by atoms with Crippen LogP contribution < -0.4 is 5.32 Å². The standard InChI is InChI=1S/C13H15FN2S2/c1-17-13(5-2-6-13)8-15-12-16-10-4-3-9(14)7-11(10)18-12/h3-4,7H,2,5-6,8H2,1H3,(H,15,16). The van der Waals surface area contributed by atoms with E-state index in [9.17, 15) is 4.39 Å². The molecule has 3 rings (SSSR count). The summed E-state index contributed by atoms with van der Waals surface area (Å²) in [6, 6.07) is 4.74. The largest absolute Gasteiger partial charge is 0.360 e. The maximum absolute atomic E-state index is 13.1. The number of fused-ring (bicyclic) bond motifs is 1. The minimum Gasteiger partial charge on any atom is -0.360 e. The van der Waals surface area contributed by atoms with Crippen molar-refractivity contribution in [2.45, 2.75) is 24.0 Å². The highest BCUT2D eigenvalue weighted by Crippen LogP contribution is 2.43. The third kappa shape index (κ3) is 2.21. The molecular formula is C13H15FN2S2. The van der Waals surface area contributed by atoms with Gasteiger partial charge in [-0.3, -0.25) is 0 Å². The van der Waals surface area contributed by atoms with E-state index in [2.05, 4.69) is 16.6 Å². The minimum absolute atomic E-state index is 0.197. The van der Waals surface area contributed by atoms with Crippen molar-refractivity contribution in [3.05, 3.63) is 24.0 Å². The van der Waals surface area contributed by atoms with Gasteiger partial charge in [-0.25, -0.2) is 9.37 Å². The molecule has 5 heteroatoms. The Bertz CT molecular complexity index is 558. The lowest BCUT2D eigenvalue weighted by Gasteiger charge is -2.40. The molecule has 0 atom stereocenters. The first-order chi connectivity index (χ1) is 8.71. The van der Waals surface area contributed by atoms with Crippen LogP contribution in [0.25, 0.3) is 10.2 Å². The molecule has 0 bridgehead atoms. The van der Waals surface area contributed by atoms with Crippen LogP contribution in [0.15, 0.2) is 18.2 Å². The molecular weight excluding hydrogens is 267 g/mol. The molecule has 1 aliphatic rings. The Labute approximate surface area is 114 Å². The zero-order chi connectivity index (χ0) is 12.6. The van der Waals surface area contributed by atoms with Crippen molar-refractivity contribution in [2.75, 3.05) is 18.1 Å². The number of anilines is 1. The van der Waals surface area contributed by atoms with Crippen LogP contribution >= 0.6 is 23.1 Å². The number of nitrogens with zero attached hydrogens (tertiary/aromatic N) is 1. The maximum atomic E-state index is 13.1. The minimum atomic E-state index is -0.197. The highest BCUT2D eigenvalue weighted by atomic mass is 32.2. The number of halogens is 1. The van der Waals surface area contributed by atoms with Gasteiger partial charge in [0.2, 0.25) is 0 Å². The van der Waals surface area contributed by atoms with Gasteiger partial charge in [-0.2, -0.15) is 11.8 Å². The first-order valence-corrected chi connectivity index (χ1v) is 8.10. The molecule has 0 radical (unpaired) electrons. The second-order valence-electron chi connectivity index (χ2n) is 4.73. The Balaban J connectivity index is 1.74. The van der Waals surface area contributed by atoms with E-state index in [4.69, 9.17) is 0 Å².